The fourth-order valence-electron chi connectivity index (χ4n) is 2.40. The number of hydrogen-bond acceptors (Lipinski definition) is 2. The molecule has 2 aromatic carbocycles. The lowest BCUT2D eigenvalue weighted by molar-refractivity contribution is 0.0991. The lowest BCUT2D eigenvalue weighted by atomic mass is 10.1. The minimum absolute atomic E-state index is 0.147. The lowest BCUT2D eigenvalue weighted by Gasteiger charge is -2.16. The summed E-state index contributed by atoms with van der Waals surface area (Å²) in [5, 5.41) is 0. The number of amides is 1. The number of carbonyl (C=O) groups is 1. The number of nitrogens with zero attached hydrogens (tertiary/aromatic N) is 1. The van der Waals surface area contributed by atoms with Crippen molar-refractivity contribution in [1.82, 2.24) is 0 Å². The van der Waals surface area contributed by atoms with Crippen molar-refractivity contribution in [3.05, 3.63) is 77.8 Å². The molecule has 4 heteroatoms. The third-order valence-electron chi connectivity index (χ3n) is 3.73. The minimum atomic E-state index is -0.308. The van der Waals surface area contributed by atoms with Gasteiger partial charge in [-0.2, -0.15) is 0 Å². The Morgan fingerprint density at radius 3 is 2.35 bits per heavy atom. The van der Waals surface area contributed by atoms with Crippen LogP contribution in [-0.4, -0.2) is 13.0 Å². The van der Waals surface area contributed by atoms with Crippen molar-refractivity contribution in [3.63, 3.8) is 0 Å². The van der Waals surface area contributed by atoms with Gasteiger partial charge in [-0.3, -0.25) is 4.79 Å². The van der Waals surface area contributed by atoms with E-state index in [1.54, 1.807) is 37.1 Å². The Morgan fingerprint density at radius 1 is 1.04 bits per heavy atom. The Hall–Kier alpha value is -2.88. The van der Waals surface area contributed by atoms with Crippen LogP contribution in [0.15, 0.2) is 65.1 Å². The van der Waals surface area contributed by atoms with Crippen LogP contribution in [-0.2, 0) is 0 Å². The summed E-state index contributed by atoms with van der Waals surface area (Å²) in [6.45, 7) is 1.75. The predicted molar refractivity (Wildman–Crippen MR) is 88.0 cm³/mol. The van der Waals surface area contributed by atoms with Gasteiger partial charge in [-0.25, -0.2) is 4.39 Å². The number of anilines is 1. The molecule has 0 saturated carbocycles. The minimum Gasteiger partial charge on any atom is -0.461 e. The number of rotatable bonds is 3. The van der Waals surface area contributed by atoms with E-state index in [0.29, 0.717) is 17.1 Å². The number of carbonyl (C=O) groups excluding carboxylic acids is 1. The Kier molecular flexibility index (Phi) is 3.98. The maximum atomic E-state index is 13.0. The van der Waals surface area contributed by atoms with E-state index in [1.165, 1.54) is 12.1 Å². The first-order valence-corrected chi connectivity index (χ1v) is 7.26. The van der Waals surface area contributed by atoms with Gasteiger partial charge in [0.05, 0.1) is 5.56 Å². The van der Waals surface area contributed by atoms with Crippen LogP contribution in [0.2, 0.25) is 0 Å². The van der Waals surface area contributed by atoms with E-state index >= 15 is 0 Å². The molecule has 1 aromatic heterocycles. The molecule has 0 aliphatic rings. The number of benzene rings is 2. The van der Waals surface area contributed by atoms with Crippen LogP contribution < -0.4 is 4.90 Å². The van der Waals surface area contributed by atoms with Crippen molar-refractivity contribution in [2.24, 2.45) is 0 Å². The van der Waals surface area contributed by atoms with Crippen LogP contribution in [0.1, 0.15) is 16.1 Å². The highest BCUT2D eigenvalue weighted by molar-refractivity contribution is 6.07. The Bertz CT molecular complexity index is 822. The molecule has 1 heterocycles. The van der Waals surface area contributed by atoms with Gasteiger partial charge < -0.3 is 9.32 Å². The van der Waals surface area contributed by atoms with Gasteiger partial charge in [0.2, 0.25) is 0 Å². The average Bonchev–Trinajstić information content (AvgIpc) is 2.96. The highest BCUT2D eigenvalue weighted by atomic mass is 19.1. The smallest absolute Gasteiger partial charge is 0.261 e. The highest BCUT2D eigenvalue weighted by Crippen LogP contribution is 2.27. The van der Waals surface area contributed by atoms with Gasteiger partial charge in [-0.15, -0.1) is 0 Å². The van der Waals surface area contributed by atoms with Gasteiger partial charge in [0, 0.05) is 18.3 Å². The standard InChI is InChI=1S/C19H16FNO2/c1-13-17(19(22)21(2)16-6-4-3-5-7-16)12-18(23-13)14-8-10-15(20)11-9-14/h3-12H,1-2H3. The zero-order chi connectivity index (χ0) is 16.4. The molecule has 0 saturated heterocycles. The molecule has 0 spiro atoms. The van der Waals surface area contributed by atoms with E-state index in [4.69, 9.17) is 4.42 Å². The van der Waals surface area contributed by atoms with Crippen LogP contribution in [0.3, 0.4) is 0 Å². The number of para-hydroxylation sites is 1. The summed E-state index contributed by atoms with van der Waals surface area (Å²) in [6.07, 6.45) is 0. The summed E-state index contributed by atoms with van der Waals surface area (Å²) in [4.78, 5) is 14.2. The number of hydrogen-bond donors (Lipinski definition) is 0. The maximum Gasteiger partial charge on any atom is 0.261 e. The van der Waals surface area contributed by atoms with Crippen molar-refractivity contribution in [2.75, 3.05) is 11.9 Å². The van der Waals surface area contributed by atoms with E-state index in [2.05, 4.69) is 0 Å². The van der Waals surface area contributed by atoms with Crippen molar-refractivity contribution in [3.8, 4) is 11.3 Å². The van der Waals surface area contributed by atoms with Gasteiger partial charge in [0.15, 0.2) is 0 Å². The highest BCUT2D eigenvalue weighted by Gasteiger charge is 2.20. The molecule has 0 fully saturated rings. The molecule has 23 heavy (non-hydrogen) atoms. The summed E-state index contributed by atoms with van der Waals surface area (Å²) in [5.41, 5.74) is 2.04. The molecule has 3 rings (SSSR count). The Labute approximate surface area is 134 Å². The van der Waals surface area contributed by atoms with Crippen molar-refractivity contribution in [1.29, 1.82) is 0 Å². The lowest BCUT2D eigenvalue weighted by Crippen LogP contribution is -2.26. The second-order valence-corrected chi connectivity index (χ2v) is 5.29. The zero-order valence-corrected chi connectivity index (χ0v) is 12.9. The molecule has 1 amide bonds. The fourth-order valence-corrected chi connectivity index (χ4v) is 2.40. The average molecular weight is 309 g/mol. The third kappa shape index (κ3) is 3.01. The second kappa shape index (κ2) is 6.08. The van der Waals surface area contributed by atoms with Gasteiger partial charge in [0.1, 0.15) is 17.3 Å². The topological polar surface area (TPSA) is 33.5 Å². The SMILES string of the molecule is Cc1oc(-c2ccc(F)cc2)cc1C(=O)N(C)c1ccccc1. The number of halogens is 1. The van der Waals surface area contributed by atoms with E-state index in [1.807, 2.05) is 30.3 Å². The molecule has 3 aromatic rings. The van der Waals surface area contributed by atoms with Gasteiger partial charge >= 0.3 is 0 Å². The van der Waals surface area contributed by atoms with E-state index in [9.17, 15) is 9.18 Å². The molecule has 0 aliphatic heterocycles. The second-order valence-electron chi connectivity index (χ2n) is 5.29. The summed E-state index contributed by atoms with van der Waals surface area (Å²) < 4.78 is 18.7. The quantitative estimate of drug-likeness (QED) is 0.704. The van der Waals surface area contributed by atoms with E-state index in [-0.39, 0.29) is 11.7 Å². The van der Waals surface area contributed by atoms with Crippen molar-refractivity contribution in [2.45, 2.75) is 6.92 Å². The summed E-state index contributed by atoms with van der Waals surface area (Å²) in [6, 6.07) is 17.1. The molecular weight excluding hydrogens is 293 g/mol. The number of aryl methyl sites for hydroxylation is 1. The van der Waals surface area contributed by atoms with Crippen LogP contribution in [0.25, 0.3) is 11.3 Å². The van der Waals surface area contributed by atoms with Crippen LogP contribution in [0.4, 0.5) is 10.1 Å². The first-order chi connectivity index (χ1) is 11.1. The third-order valence-corrected chi connectivity index (χ3v) is 3.73. The summed E-state index contributed by atoms with van der Waals surface area (Å²) in [7, 11) is 1.72. The molecule has 0 unspecified atom stereocenters. The molecule has 0 atom stereocenters. The Balaban J connectivity index is 1.91. The summed E-state index contributed by atoms with van der Waals surface area (Å²) >= 11 is 0. The molecule has 0 N–H and O–H groups in total. The van der Waals surface area contributed by atoms with E-state index < -0.39 is 0 Å². The van der Waals surface area contributed by atoms with Crippen LogP contribution in [0, 0.1) is 12.7 Å². The van der Waals surface area contributed by atoms with Crippen LogP contribution >= 0.6 is 0 Å². The molecule has 0 radical (unpaired) electrons. The molecule has 116 valence electrons. The van der Waals surface area contributed by atoms with E-state index in [0.717, 1.165) is 11.3 Å². The summed E-state index contributed by atoms with van der Waals surface area (Å²) in [5.74, 6) is 0.632. The van der Waals surface area contributed by atoms with Gasteiger partial charge in [-0.1, -0.05) is 18.2 Å². The first-order valence-electron chi connectivity index (χ1n) is 7.26. The van der Waals surface area contributed by atoms with Crippen LogP contribution in [0.5, 0.6) is 0 Å². The van der Waals surface area contributed by atoms with Crippen molar-refractivity contribution >= 4 is 11.6 Å². The Morgan fingerprint density at radius 2 is 1.70 bits per heavy atom. The zero-order valence-electron chi connectivity index (χ0n) is 12.9. The first kappa shape index (κ1) is 15.0. The van der Waals surface area contributed by atoms with Gasteiger partial charge in [-0.05, 0) is 49.4 Å². The predicted octanol–water partition coefficient (Wildman–Crippen LogP) is 4.67. The fraction of sp³-hybridized carbons (Fsp3) is 0.105. The molecule has 0 aliphatic carbocycles. The number of furan rings is 1. The van der Waals surface area contributed by atoms with Gasteiger partial charge in [0.25, 0.3) is 5.91 Å². The molecule has 0 bridgehead atoms. The molecule has 3 nitrogen and oxygen atoms in total. The molecular formula is C19H16FNO2. The monoisotopic (exact) mass is 309 g/mol. The normalized spacial score (nSPS) is 10.6. The van der Waals surface area contributed by atoms with Crippen molar-refractivity contribution < 1.29 is 13.6 Å². The largest absolute Gasteiger partial charge is 0.461 e. The maximum absolute atomic E-state index is 13.0.